The van der Waals surface area contributed by atoms with Crippen molar-refractivity contribution in [1.82, 2.24) is 5.32 Å². The van der Waals surface area contributed by atoms with Crippen molar-refractivity contribution in [2.24, 2.45) is 5.73 Å². The normalized spacial score (nSPS) is 16.7. The van der Waals surface area contributed by atoms with Crippen LogP contribution in [-0.2, 0) is 32.9 Å². The van der Waals surface area contributed by atoms with Crippen molar-refractivity contribution >= 4 is 15.7 Å². The maximum Gasteiger partial charge on any atom is 0.416 e. The number of carbonyl (C=O) groups excluding carboxylic acids is 1. The van der Waals surface area contributed by atoms with Gasteiger partial charge in [0.15, 0.2) is 0 Å². The van der Waals surface area contributed by atoms with Gasteiger partial charge in [0, 0.05) is 19.0 Å². The summed E-state index contributed by atoms with van der Waals surface area (Å²) in [6, 6.07) is 8.08. The van der Waals surface area contributed by atoms with E-state index >= 15 is 0 Å². The molecule has 5 nitrogen and oxygen atoms in total. The molecule has 1 fully saturated rings. The minimum atomic E-state index is -4.65. The van der Waals surface area contributed by atoms with E-state index < -0.39 is 32.0 Å². The summed E-state index contributed by atoms with van der Waals surface area (Å²) in [4.78, 5) is 10.8. The number of carbonyl (C=O) groups is 1. The molecule has 0 radical (unpaired) electrons. The average molecular weight is 455 g/mol. The van der Waals surface area contributed by atoms with E-state index in [0.29, 0.717) is 30.0 Å². The number of hydrogen-bond donors (Lipinski definition) is 2. The van der Waals surface area contributed by atoms with E-state index in [-0.39, 0.29) is 17.3 Å². The minimum absolute atomic E-state index is 0.121. The van der Waals surface area contributed by atoms with Gasteiger partial charge < -0.3 is 11.1 Å². The number of hydrogen-bond acceptors (Lipinski definition) is 4. The maximum atomic E-state index is 13.2. The zero-order valence-electron chi connectivity index (χ0n) is 17.1. The molecule has 0 atom stereocenters. The smallest absolute Gasteiger partial charge is 0.352 e. The van der Waals surface area contributed by atoms with Crippen LogP contribution in [0, 0.1) is 0 Å². The highest BCUT2D eigenvalue weighted by atomic mass is 32.2. The van der Waals surface area contributed by atoms with Crippen molar-refractivity contribution < 1.29 is 26.4 Å². The summed E-state index contributed by atoms with van der Waals surface area (Å²) in [6.07, 6.45) is -0.522. The molecule has 0 bridgehead atoms. The molecule has 1 aliphatic rings. The predicted molar refractivity (Wildman–Crippen MR) is 110 cm³/mol. The van der Waals surface area contributed by atoms with Gasteiger partial charge in [-0.05, 0) is 54.3 Å². The topological polar surface area (TPSA) is 89.3 Å². The van der Waals surface area contributed by atoms with Gasteiger partial charge in [-0.15, -0.1) is 0 Å². The Kier molecular flexibility index (Phi) is 6.48. The molecule has 0 saturated heterocycles. The van der Waals surface area contributed by atoms with E-state index in [1.807, 2.05) is 0 Å². The molecule has 0 spiro atoms. The highest BCUT2D eigenvalue weighted by Crippen LogP contribution is 2.38. The molecule has 3 N–H and O–H groups in total. The zero-order chi connectivity index (χ0) is 22.9. The van der Waals surface area contributed by atoms with Gasteiger partial charge in [0.25, 0.3) is 0 Å². The van der Waals surface area contributed by atoms with Gasteiger partial charge in [-0.3, -0.25) is 4.79 Å². The van der Waals surface area contributed by atoms with Crippen molar-refractivity contribution in [2.45, 2.75) is 67.1 Å². The molecule has 9 heteroatoms. The Morgan fingerprint density at radius 3 is 2.32 bits per heavy atom. The Morgan fingerprint density at radius 1 is 1.06 bits per heavy atom. The average Bonchev–Trinajstić information content (AvgIpc) is 2.72. The monoisotopic (exact) mass is 454 g/mol. The quantitative estimate of drug-likeness (QED) is 0.705. The second kappa shape index (κ2) is 8.63. The highest BCUT2D eigenvalue weighted by molar-refractivity contribution is 7.91. The third-order valence-corrected chi connectivity index (χ3v) is 7.42. The Bertz CT molecular complexity index is 1080. The summed E-state index contributed by atoms with van der Waals surface area (Å²) in [7, 11) is -4.20. The van der Waals surface area contributed by atoms with Crippen molar-refractivity contribution in [1.29, 1.82) is 0 Å². The number of halogens is 3. The van der Waals surface area contributed by atoms with Crippen LogP contribution in [0.1, 0.15) is 55.7 Å². The fourth-order valence-electron chi connectivity index (χ4n) is 3.99. The SMILES string of the molecule is CC(=O)NCc1ccc(S(=O)(=O)c2cccc(C(F)(F)F)c2)cc1C1(N)CCCCC1. The van der Waals surface area contributed by atoms with E-state index in [1.54, 1.807) is 6.07 Å². The van der Waals surface area contributed by atoms with E-state index in [4.69, 9.17) is 5.73 Å². The first-order valence-corrected chi connectivity index (χ1v) is 11.5. The fraction of sp³-hybridized carbons (Fsp3) is 0.409. The maximum absolute atomic E-state index is 13.2. The lowest BCUT2D eigenvalue weighted by Crippen LogP contribution is -2.40. The number of alkyl halides is 3. The Hall–Kier alpha value is -2.39. The van der Waals surface area contributed by atoms with E-state index in [0.717, 1.165) is 37.5 Å². The van der Waals surface area contributed by atoms with Gasteiger partial charge >= 0.3 is 6.18 Å². The van der Waals surface area contributed by atoms with Crippen LogP contribution in [0.15, 0.2) is 52.3 Å². The molecule has 2 aromatic rings. The molecule has 168 valence electrons. The summed E-state index contributed by atoms with van der Waals surface area (Å²) >= 11 is 0. The van der Waals surface area contributed by atoms with E-state index in [1.165, 1.54) is 19.1 Å². The lowest BCUT2D eigenvalue weighted by molar-refractivity contribution is -0.137. The first-order valence-electron chi connectivity index (χ1n) is 10.0. The summed E-state index contributed by atoms with van der Waals surface area (Å²) < 4.78 is 65.5. The zero-order valence-corrected chi connectivity index (χ0v) is 17.9. The summed E-state index contributed by atoms with van der Waals surface area (Å²) in [5, 5.41) is 2.70. The number of rotatable bonds is 5. The number of amides is 1. The fourth-order valence-corrected chi connectivity index (χ4v) is 5.32. The van der Waals surface area contributed by atoms with Gasteiger partial charge in [0.1, 0.15) is 0 Å². The van der Waals surface area contributed by atoms with Gasteiger partial charge in [0.2, 0.25) is 15.7 Å². The molecule has 2 aromatic carbocycles. The summed E-state index contributed by atoms with van der Waals surface area (Å²) in [5.74, 6) is -0.235. The van der Waals surface area contributed by atoms with Crippen LogP contribution in [0.4, 0.5) is 13.2 Å². The third-order valence-electron chi connectivity index (χ3n) is 5.67. The van der Waals surface area contributed by atoms with Gasteiger partial charge in [0.05, 0.1) is 15.4 Å². The van der Waals surface area contributed by atoms with Crippen molar-refractivity contribution in [3.63, 3.8) is 0 Å². The Labute approximate surface area is 179 Å². The van der Waals surface area contributed by atoms with Crippen molar-refractivity contribution in [3.05, 3.63) is 59.2 Å². The van der Waals surface area contributed by atoms with Crippen molar-refractivity contribution in [2.75, 3.05) is 0 Å². The Balaban J connectivity index is 2.09. The third kappa shape index (κ3) is 5.10. The molecular formula is C22H25F3N2O3S. The largest absolute Gasteiger partial charge is 0.416 e. The van der Waals surface area contributed by atoms with Gasteiger partial charge in [-0.25, -0.2) is 8.42 Å². The molecule has 3 rings (SSSR count). The minimum Gasteiger partial charge on any atom is -0.352 e. The van der Waals surface area contributed by atoms with Crippen LogP contribution in [0.25, 0.3) is 0 Å². The Morgan fingerprint density at radius 2 is 1.71 bits per heavy atom. The number of nitrogens with two attached hydrogens (primary N) is 1. The number of sulfone groups is 1. The van der Waals surface area contributed by atoms with Crippen LogP contribution in [-0.4, -0.2) is 14.3 Å². The lowest BCUT2D eigenvalue weighted by atomic mass is 9.76. The standard InChI is InChI=1S/C22H25F3N2O3S/c1-15(28)27-14-16-8-9-19(13-20(16)21(26)10-3-2-4-11-21)31(29,30)18-7-5-6-17(12-18)22(23,24)25/h5-9,12-13H,2-4,10-11,14,26H2,1H3,(H,27,28). The van der Waals surface area contributed by atoms with E-state index in [9.17, 15) is 26.4 Å². The van der Waals surface area contributed by atoms with Gasteiger partial charge in [-0.1, -0.05) is 31.4 Å². The van der Waals surface area contributed by atoms with E-state index in [2.05, 4.69) is 5.32 Å². The molecule has 1 saturated carbocycles. The summed E-state index contributed by atoms with van der Waals surface area (Å²) in [5.41, 5.74) is 6.18. The number of benzene rings is 2. The first-order chi connectivity index (χ1) is 14.4. The molecule has 0 aromatic heterocycles. The van der Waals surface area contributed by atoms with Gasteiger partial charge in [-0.2, -0.15) is 13.2 Å². The lowest BCUT2D eigenvalue weighted by Gasteiger charge is -2.36. The molecule has 0 heterocycles. The van der Waals surface area contributed by atoms with Crippen LogP contribution in [0.5, 0.6) is 0 Å². The van der Waals surface area contributed by atoms with Crippen LogP contribution in [0.3, 0.4) is 0 Å². The molecule has 1 aliphatic carbocycles. The summed E-state index contributed by atoms with van der Waals surface area (Å²) in [6.45, 7) is 1.57. The number of nitrogens with one attached hydrogen (secondary N) is 1. The van der Waals surface area contributed by atoms with Crippen LogP contribution < -0.4 is 11.1 Å². The molecule has 1 amide bonds. The van der Waals surface area contributed by atoms with Crippen LogP contribution in [0.2, 0.25) is 0 Å². The molecule has 0 aliphatic heterocycles. The second-order valence-electron chi connectivity index (χ2n) is 7.97. The van der Waals surface area contributed by atoms with Crippen LogP contribution >= 0.6 is 0 Å². The molecular weight excluding hydrogens is 429 g/mol. The first kappa shape index (κ1) is 23.3. The predicted octanol–water partition coefficient (Wildman–Crippen LogP) is 4.29. The molecule has 0 unspecified atom stereocenters. The second-order valence-corrected chi connectivity index (χ2v) is 9.92. The highest BCUT2D eigenvalue weighted by Gasteiger charge is 2.34. The van der Waals surface area contributed by atoms with Crippen molar-refractivity contribution in [3.8, 4) is 0 Å². The molecule has 31 heavy (non-hydrogen) atoms.